The Morgan fingerprint density at radius 3 is 1.31 bits per heavy atom. The first-order valence-electron chi connectivity index (χ1n) is 31.6. The molecule has 10 heteroatoms. The summed E-state index contributed by atoms with van der Waals surface area (Å²) in [6.07, 6.45) is 69.1. The second kappa shape index (κ2) is 55.0. The van der Waals surface area contributed by atoms with Crippen molar-refractivity contribution in [3.8, 4) is 0 Å². The molecule has 0 aliphatic rings. The van der Waals surface area contributed by atoms with E-state index in [2.05, 4.69) is 74.7 Å². The average molecular weight is 1070 g/mol. The summed E-state index contributed by atoms with van der Waals surface area (Å²) in [6.45, 7) is 6.71. The van der Waals surface area contributed by atoms with Gasteiger partial charge in [0.1, 0.15) is 19.3 Å². The van der Waals surface area contributed by atoms with Crippen molar-refractivity contribution in [1.29, 1.82) is 0 Å². The highest BCUT2D eigenvalue weighted by Crippen LogP contribution is 2.38. The van der Waals surface area contributed by atoms with Crippen LogP contribution >= 0.6 is 7.82 Å². The Morgan fingerprint density at radius 2 is 0.867 bits per heavy atom. The normalized spacial score (nSPS) is 14.1. The van der Waals surface area contributed by atoms with E-state index in [9.17, 15) is 19.0 Å². The van der Waals surface area contributed by atoms with Gasteiger partial charge in [-0.2, -0.15) is 0 Å². The summed E-state index contributed by atoms with van der Waals surface area (Å²) in [5.41, 5.74) is 0. The molecule has 0 heterocycles. The molecule has 0 rings (SSSR count). The predicted octanol–water partition coefficient (Wildman–Crippen LogP) is 18.8. The zero-order valence-electron chi connectivity index (χ0n) is 50.0. The van der Waals surface area contributed by atoms with E-state index in [1.807, 2.05) is 33.3 Å². The molecule has 0 bridgehead atoms. The minimum Gasteiger partial charge on any atom is -0.756 e. The Balaban J connectivity index is 5.17. The minimum absolute atomic E-state index is 0.0264. The van der Waals surface area contributed by atoms with Crippen molar-refractivity contribution in [2.75, 3.05) is 40.9 Å². The van der Waals surface area contributed by atoms with Crippen molar-refractivity contribution in [1.82, 2.24) is 5.32 Å². The molecule has 0 fully saturated rings. The largest absolute Gasteiger partial charge is 0.756 e. The van der Waals surface area contributed by atoms with E-state index in [4.69, 9.17) is 13.8 Å². The molecule has 0 aromatic carbocycles. The number of hydrogen-bond acceptors (Lipinski definition) is 7. The van der Waals surface area contributed by atoms with E-state index in [1.54, 1.807) is 0 Å². The number of phosphoric ester groups is 1. The van der Waals surface area contributed by atoms with Crippen LogP contribution in [0, 0.1) is 0 Å². The average Bonchev–Trinajstić information content (AvgIpc) is 3.37. The van der Waals surface area contributed by atoms with Crippen LogP contribution in [0.1, 0.15) is 290 Å². The summed E-state index contributed by atoms with van der Waals surface area (Å²) in [4.78, 5) is 40.0. The first kappa shape index (κ1) is 72.7. The zero-order chi connectivity index (χ0) is 55.0. The molecule has 0 aromatic heterocycles. The summed E-state index contributed by atoms with van der Waals surface area (Å²) in [5.74, 6) is -0.558. The van der Waals surface area contributed by atoms with Gasteiger partial charge in [-0.25, -0.2) is 0 Å². The molecule has 3 atom stereocenters. The molecule has 3 unspecified atom stereocenters. The van der Waals surface area contributed by atoms with E-state index in [1.165, 1.54) is 173 Å². The molecule has 438 valence electrons. The van der Waals surface area contributed by atoms with Crippen molar-refractivity contribution < 1.29 is 37.3 Å². The summed E-state index contributed by atoms with van der Waals surface area (Å²) >= 11 is 0. The second-order valence-corrected chi connectivity index (χ2v) is 24.0. The maximum atomic E-state index is 13.5. The van der Waals surface area contributed by atoms with Gasteiger partial charge in [0.15, 0.2) is 0 Å². The van der Waals surface area contributed by atoms with Crippen LogP contribution in [0.25, 0.3) is 0 Å². The number of ether oxygens (including phenoxy) is 1. The van der Waals surface area contributed by atoms with E-state index >= 15 is 0 Å². The quantitative estimate of drug-likeness (QED) is 0.0161. The van der Waals surface area contributed by atoms with Crippen LogP contribution < -0.4 is 10.2 Å². The van der Waals surface area contributed by atoms with Crippen molar-refractivity contribution in [2.24, 2.45) is 0 Å². The predicted molar refractivity (Wildman–Crippen MR) is 321 cm³/mol. The Kier molecular flexibility index (Phi) is 53.4. The fourth-order valence-corrected chi connectivity index (χ4v) is 9.83. The van der Waals surface area contributed by atoms with E-state index < -0.39 is 26.6 Å². The SMILES string of the molecule is CC/C=C/C=C/C=C\CCCCCCCC(=O)OC(/C=C\CCCCCCCCCCCCC)C(COP(=O)([O-])OCC[N+](C)(C)C)NC(=O)CCCCCCCCCCCCCCC/C=C/CCCCCCCC. The first-order chi connectivity index (χ1) is 36.4. The third-order valence-corrected chi connectivity index (χ3v) is 15.0. The smallest absolute Gasteiger partial charge is 0.306 e. The summed E-state index contributed by atoms with van der Waals surface area (Å²) < 4.78 is 30.3. The highest BCUT2D eigenvalue weighted by molar-refractivity contribution is 7.45. The van der Waals surface area contributed by atoms with E-state index in [-0.39, 0.29) is 24.9 Å². The number of rotatable bonds is 57. The molecular formula is C65H121N2O7P. The lowest BCUT2D eigenvalue weighted by Crippen LogP contribution is -2.47. The van der Waals surface area contributed by atoms with Crippen molar-refractivity contribution in [3.63, 3.8) is 0 Å². The Morgan fingerprint density at radius 1 is 0.480 bits per heavy atom. The number of nitrogens with zero attached hydrogens (tertiary/aromatic N) is 1. The highest BCUT2D eigenvalue weighted by Gasteiger charge is 2.27. The van der Waals surface area contributed by atoms with Crippen LogP contribution in [0.3, 0.4) is 0 Å². The molecule has 75 heavy (non-hydrogen) atoms. The van der Waals surface area contributed by atoms with Crippen molar-refractivity contribution >= 4 is 19.7 Å². The summed E-state index contributed by atoms with van der Waals surface area (Å²) in [5, 5.41) is 3.03. The lowest BCUT2D eigenvalue weighted by atomic mass is 10.0. The number of quaternary nitrogens is 1. The molecule has 0 aromatic rings. The number of carbonyl (C=O) groups excluding carboxylic acids is 2. The van der Waals surface area contributed by atoms with E-state index in [0.29, 0.717) is 23.9 Å². The molecule has 9 nitrogen and oxygen atoms in total. The lowest BCUT2D eigenvalue weighted by molar-refractivity contribution is -0.870. The number of amides is 1. The Labute approximate surface area is 464 Å². The van der Waals surface area contributed by atoms with Crippen LogP contribution in [0.4, 0.5) is 0 Å². The number of likely N-dealkylation sites (N-methyl/N-ethyl adjacent to an activating group) is 1. The van der Waals surface area contributed by atoms with Crippen LogP contribution in [-0.2, 0) is 27.9 Å². The van der Waals surface area contributed by atoms with Gasteiger partial charge >= 0.3 is 5.97 Å². The highest BCUT2D eigenvalue weighted by atomic mass is 31.2. The number of esters is 1. The molecule has 0 aliphatic heterocycles. The molecule has 0 saturated heterocycles. The monoisotopic (exact) mass is 1070 g/mol. The maximum Gasteiger partial charge on any atom is 0.306 e. The van der Waals surface area contributed by atoms with Crippen LogP contribution in [-0.4, -0.2) is 69.4 Å². The third-order valence-electron chi connectivity index (χ3n) is 14.0. The molecule has 1 N–H and O–H groups in total. The summed E-state index contributed by atoms with van der Waals surface area (Å²) in [6, 6.07) is -0.897. The Bertz CT molecular complexity index is 1470. The molecule has 0 spiro atoms. The minimum atomic E-state index is -4.70. The van der Waals surface area contributed by atoms with E-state index in [0.717, 1.165) is 77.0 Å². The fourth-order valence-electron chi connectivity index (χ4n) is 9.11. The maximum absolute atomic E-state index is 13.5. The van der Waals surface area contributed by atoms with Gasteiger partial charge in [-0.05, 0) is 76.7 Å². The number of unbranched alkanes of at least 4 members (excludes halogenated alkanes) is 35. The Hall–Kier alpha value is -2.29. The summed E-state index contributed by atoms with van der Waals surface area (Å²) in [7, 11) is 1.17. The number of hydrogen-bond donors (Lipinski definition) is 1. The fraction of sp³-hybridized carbons (Fsp3) is 0.815. The molecule has 0 radical (unpaired) electrons. The van der Waals surface area contributed by atoms with Gasteiger partial charge in [0, 0.05) is 12.8 Å². The first-order valence-corrected chi connectivity index (χ1v) is 33.1. The third kappa shape index (κ3) is 56.2. The van der Waals surface area contributed by atoms with Crippen molar-refractivity contribution in [2.45, 2.75) is 303 Å². The number of allylic oxidation sites excluding steroid dienone is 9. The van der Waals surface area contributed by atoms with Gasteiger partial charge in [-0.15, -0.1) is 0 Å². The van der Waals surface area contributed by atoms with Gasteiger partial charge < -0.3 is 28.5 Å². The van der Waals surface area contributed by atoms with Crippen LogP contribution in [0.2, 0.25) is 0 Å². The van der Waals surface area contributed by atoms with Crippen LogP contribution in [0.15, 0.2) is 60.8 Å². The van der Waals surface area contributed by atoms with Crippen LogP contribution in [0.5, 0.6) is 0 Å². The van der Waals surface area contributed by atoms with Gasteiger partial charge in [0.05, 0.1) is 33.8 Å². The van der Waals surface area contributed by atoms with Gasteiger partial charge in [-0.1, -0.05) is 262 Å². The lowest BCUT2D eigenvalue weighted by Gasteiger charge is -2.30. The number of phosphoric acid groups is 1. The standard InChI is InChI=1S/C65H121N2O7P/c1-7-10-13-16-19-22-25-28-29-30-31-32-33-34-35-36-37-40-42-45-48-51-54-57-64(68)66-62(61-73-75(70,71)72-60-59-67(4,5)6)63(56-53-50-47-44-41-38-26-23-20-17-14-11-8-2)74-65(69)58-55-52-49-46-43-39-27-24-21-18-15-12-9-3/h12,15,18,21,24,27-29,53,56,62-63H,7-11,13-14,16-17,19-20,22-23,25-26,30-52,54-55,57-61H2,1-6H3,(H-,66,68,70,71)/b15-12+,21-18+,27-24-,29-28+,56-53-. The van der Waals surface area contributed by atoms with Gasteiger partial charge in [-0.3, -0.25) is 14.2 Å². The molecule has 1 amide bonds. The zero-order valence-corrected chi connectivity index (χ0v) is 50.9. The topological polar surface area (TPSA) is 114 Å². The molecule has 0 saturated carbocycles. The second-order valence-electron chi connectivity index (χ2n) is 22.6. The number of carbonyl (C=O) groups is 2. The van der Waals surface area contributed by atoms with Crippen molar-refractivity contribution in [3.05, 3.63) is 60.8 Å². The molecular weight excluding hydrogens is 952 g/mol. The molecule has 0 aliphatic carbocycles. The number of nitrogens with one attached hydrogen (secondary N) is 1. The van der Waals surface area contributed by atoms with Gasteiger partial charge in [0.2, 0.25) is 5.91 Å². The van der Waals surface area contributed by atoms with Gasteiger partial charge in [0.25, 0.3) is 7.82 Å².